The van der Waals surface area contributed by atoms with Crippen molar-refractivity contribution in [1.29, 1.82) is 0 Å². The first kappa shape index (κ1) is 12.4. The molecule has 2 saturated carbocycles. The molecule has 1 heterocycles. The van der Waals surface area contributed by atoms with Crippen molar-refractivity contribution >= 4 is 11.7 Å². The predicted octanol–water partition coefficient (Wildman–Crippen LogP) is 1.78. The first-order valence-corrected chi connectivity index (χ1v) is 7.05. The predicted molar refractivity (Wildman–Crippen MR) is 72.9 cm³/mol. The Morgan fingerprint density at radius 2 is 1.89 bits per heavy atom. The first-order valence-electron chi connectivity index (χ1n) is 7.05. The lowest BCUT2D eigenvalue weighted by Crippen LogP contribution is -2.35. The van der Waals surface area contributed by atoms with Gasteiger partial charge in [0.25, 0.3) is 5.91 Å². The molecule has 5 nitrogen and oxygen atoms in total. The highest BCUT2D eigenvalue weighted by Gasteiger charge is 2.32. The molecule has 2 fully saturated rings. The molecule has 3 rings (SSSR count). The minimum Gasteiger partial charge on any atom is -0.372 e. The van der Waals surface area contributed by atoms with Crippen molar-refractivity contribution in [2.24, 2.45) is 11.8 Å². The molecule has 0 radical (unpaired) electrons. The summed E-state index contributed by atoms with van der Waals surface area (Å²) >= 11 is 0. The van der Waals surface area contributed by atoms with Crippen LogP contribution < -0.4 is 5.32 Å². The largest absolute Gasteiger partial charge is 0.372 e. The van der Waals surface area contributed by atoms with Gasteiger partial charge in [0, 0.05) is 20.1 Å². The van der Waals surface area contributed by atoms with Crippen molar-refractivity contribution in [2.75, 3.05) is 25.5 Å². The second kappa shape index (κ2) is 5.15. The number of aromatic nitrogens is 2. The lowest BCUT2D eigenvalue weighted by Gasteiger charge is -2.22. The standard InChI is InChI=1S/C14H20N4O/c1-15-13-7-16-6-12(17-13)14(19)18(8-10-2-3-10)9-11-4-5-11/h6-7,10-11H,2-5,8-9H2,1H3,(H,15,17). The normalized spacial score (nSPS) is 18.2. The van der Waals surface area contributed by atoms with Crippen LogP contribution in [0.4, 0.5) is 5.82 Å². The Labute approximate surface area is 113 Å². The third kappa shape index (κ3) is 3.22. The van der Waals surface area contributed by atoms with E-state index >= 15 is 0 Å². The van der Waals surface area contributed by atoms with E-state index < -0.39 is 0 Å². The summed E-state index contributed by atoms with van der Waals surface area (Å²) in [6.07, 6.45) is 8.24. The van der Waals surface area contributed by atoms with Gasteiger partial charge in [-0.25, -0.2) is 4.98 Å². The maximum Gasteiger partial charge on any atom is 0.274 e. The first-order chi connectivity index (χ1) is 9.26. The Bertz CT molecular complexity index is 454. The zero-order valence-electron chi connectivity index (χ0n) is 11.3. The Morgan fingerprint density at radius 3 is 2.42 bits per heavy atom. The van der Waals surface area contributed by atoms with E-state index in [1.54, 1.807) is 19.4 Å². The van der Waals surface area contributed by atoms with Crippen LogP contribution in [-0.2, 0) is 0 Å². The van der Waals surface area contributed by atoms with Gasteiger partial charge < -0.3 is 10.2 Å². The molecule has 1 amide bonds. The van der Waals surface area contributed by atoms with E-state index in [9.17, 15) is 4.79 Å². The van der Waals surface area contributed by atoms with E-state index in [1.165, 1.54) is 25.7 Å². The average Bonchev–Trinajstić information content (AvgIpc) is 3.32. The Hall–Kier alpha value is -1.65. The fraction of sp³-hybridized carbons (Fsp3) is 0.643. The van der Waals surface area contributed by atoms with Crippen LogP contribution >= 0.6 is 0 Å². The Kier molecular flexibility index (Phi) is 3.36. The van der Waals surface area contributed by atoms with Crippen LogP contribution in [0.1, 0.15) is 36.2 Å². The van der Waals surface area contributed by atoms with Gasteiger partial charge in [-0.3, -0.25) is 9.78 Å². The van der Waals surface area contributed by atoms with Crippen molar-refractivity contribution in [3.05, 3.63) is 18.1 Å². The maximum absolute atomic E-state index is 12.5. The van der Waals surface area contributed by atoms with Crippen molar-refractivity contribution in [2.45, 2.75) is 25.7 Å². The highest BCUT2D eigenvalue weighted by atomic mass is 16.2. The van der Waals surface area contributed by atoms with Gasteiger partial charge in [0.15, 0.2) is 0 Å². The van der Waals surface area contributed by atoms with Gasteiger partial charge in [0.1, 0.15) is 11.5 Å². The molecular formula is C14H20N4O. The van der Waals surface area contributed by atoms with Gasteiger partial charge in [-0.2, -0.15) is 0 Å². The lowest BCUT2D eigenvalue weighted by molar-refractivity contribution is 0.0733. The van der Waals surface area contributed by atoms with E-state index in [2.05, 4.69) is 15.3 Å². The molecule has 1 N–H and O–H groups in total. The summed E-state index contributed by atoms with van der Waals surface area (Å²) in [6, 6.07) is 0. The third-order valence-electron chi connectivity index (χ3n) is 3.75. The number of carbonyl (C=O) groups is 1. The number of nitrogens with one attached hydrogen (secondary N) is 1. The molecule has 0 aliphatic heterocycles. The SMILES string of the molecule is CNc1cncc(C(=O)N(CC2CC2)CC2CC2)n1. The number of amides is 1. The van der Waals surface area contributed by atoms with Gasteiger partial charge in [-0.05, 0) is 37.5 Å². The quantitative estimate of drug-likeness (QED) is 0.847. The van der Waals surface area contributed by atoms with Gasteiger partial charge in [-0.1, -0.05) is 0 Å². The summed E-state index contributed by atoms with van der Waals surface area (Å²) in [7, 11) is 1.78. The van der Waals surface area contributed by atoms with Crippen LogP contribution in [-0.4, -0.2) is 40.9 Å². The van der Waals surface area contributed by atoms with Crippen LogP contribution in [0.5, 0.6) is 0 Å². The van der Waals surface area contributed by atoms with Crippen LogP contribution in [0.15, 0.2) is 12.4 Å². The maximum atomic E-state index is 12.5. The van der Waals surface area contributed by atoms with E-state index in [-0.39, 0.29) is 5.91 Å². The zero-order chi connectivity index (χ0) is 13.2. The molecule has 102 valence electrons. The van der Waals surface area contributed by atoms with E-state index in [4.69, 9.17) is 0 Å². The average molecular weight is 260 g/mol. The number of nitrogens with zero attached hydrogens (tertiary/aromatic N) is 3. The fourth-order valence-electron chi connectivity index (χ4n) is 2.22. The molecule has 2 aliphatic rings. The van der Waals surface area contributed by atoms with Gasteiger partial charge in [0.2, 0.25) is 0 Å². The topological polar surface area (TPSA) is 58.1 Å². The third-order valence-corrected chi connectivity index (χ3v) is 3.75. The minimum absolute atomic E-state index is 0.0309. The number of hydrogen-bond acceptors (Lipinski definition) is 4. The molecule has 19 heavy (non-hydrogen) atoms. The minimum atomic E-state index is 0.0309. The Morgan fingerprint density at radius 1 is 1.26 bits per heavy atom. The summed E-state index contributed by atoms with van der Waals surface area (Å²) in [6.45, 7) is 1.78. The molecule has 5 heteroatoms. The summed E-state index contributed by atoms with van der Waals surface area (Å²) in [5.74, 6) is 2.10. The Balaban J connectivity index is 1.72. The molecule has 0 aromatic carbocycles. The molecular weight excluding hydrogens is 240 g/mol. The van der Waals surface area contributed by atoms with Crippen LogP contribution in [0.3, 0.4) is 0 Å². The van der Waals surface area contributed by atoms with Crippen molar-refractivity contribution in [1.82, 2.24) is 14.9 Å². The summed E-state index contributed by atoms with van der Waals surface area (Å²) in [5.41, 5.74) is 0.452. The van der Waals surface area contributed by atoms with Crippen molar-refractivity contribution < 1.29 is 4.79 Å². The lowest BCUT2D eigenvalue weighted by atomic mass is 10.2. The van der Waals surface area contributed by atoms with Crippen molar-refractivity contribution in [3.63, 3.8) is 0 Å². The molecule has 0 bridgehead atoms. The van der Waals surface area contributed by atoms with Crippen LogP contribution in [0, 0.1) is 11.8 Å². The van der Waals surface area contributed by atoms with Gasteiger partial charge >= 0.3 is 0 Å². The number of rotatable bonds is 6. The summed E-state index contributed by atoms with van der Waals surface area (Å²) in [4.78, 5) is 22.9. The molecule has 0 saturated heterocycles. The number of anilines is 1. The summed E-state index contributed by atoms with van der Waals surface area (Å²) < 4.78 is 0. The molecule has 2 aliphatic carbocycles. The highest BCUT2D eigenvalue weighted by Crippen LogP contribution is 2.34. The van der Waals surface area contributed by atoms with Gasteiger partial charge in [-0.15, -0.1) is 0 Å². The molecule has 1 aromatic heterocycles. The van der Waals surface area contributed by atoms with E-state index in [0.29, 0.717) is 23.3 Å². The van der Waals surface area contributed by atoms with E-state index in [1.807, 2.05) is 4.90 Å². The second-order valence-corrected chi connectivity index (χ2v) is 5.64. The van der Waals surface area contributed by atoms with Gasteiger partial charge in [0.05, 0.1) is 12.4 Å². The molecule has 1 aromatic rings. The number of hydrogen-bond donors (Lipinski definition) is 1. The van der Waals surface area contributed by atoms with E-state index in [0.717, 1.165) is 13.1 Å². The highest BCUT2D eigenvalue weighted by molar-refractivity contribution is 5.92. The zero-order valence-corrected chi connectivity index (χ0v) is 11.3. The smallest absolute Gasteiger partial charge is 0.274 e. The number of carbonyl (C=O) groups excluding carboxylic acids is 1. The molecule has 0 spiro atoms. The van der Waals surface area contributed by atoms with Crippen LogP contribution in [0.25, 0.3) is 0 Å². The fourth-order valence-corrected chi connectivity index (χ4v) is 2.22. The van der Waals surface area contributed by atoms with Crippen LogP contribution in [0.2, 0.25) is 0 Å². The van der Waals surface area contributed by atoms with Crippen molar-refractivity contribution in [3.8, 4) is 0 Å². The monoisotopic (exact) mass is 260 g/mol. The molecule has 0 atom stereocenters. The molecule has 0 unspecified atom stereocenters. The second-order valence-electron chi connectivity index (χ2n) is 5.64. The summed E-state index contributed by atoms with van der Waals surface area (Å²) in [5, 5.41) is 2.92.